The third-order valence-corrected chi connectivity index (χ3v) is 3.43. The maximum absolute atomic E-state index is 12.0. The van der Waals surface area contributed by atoms with Gasteiger partial charge in [-0.3, -0.25) is 9.78 Å². The average molecular weight is 273 g/mol. The van der Waals surface area contributed by atoms with Gasteiger partial charge in [0.05, 0.1) is 19.3 Å². The molecule has 3 rings (SSSR count). The smallest absolute Gasteiger partial charge is 0.273 e. The van der Waals surface area contributed by atoms with Gasteiger partial charge in [0, 0.05) is 24.4 Å². The fraction of sp³-hybridized carbons (Fsp3) is 0.357. The van der Waals surface area contributed by atoms with Crippen molar-refractivity contribution in [2.45, 2.75) is 12.5 Å². The number of hydrogen-bond acceptors (Lipinski definition) is 5. The molecule has 1 aliphatic heterocycles. The number of hydrogen-bond donors (Lipinski definition) is 1. The van der Waals surface area contributed by atoms with Gasteiger partial charge in [0.1, 0.15) is 6.26 Å². The fourth-order valence-corrected chi connectivity index (χ4v) is 2.35. The third kappa shape index (κ3) is 2.85. The molecule has 6 nitrogen and oxygen atoms in total. The van der Waals surface area contributed by atoms with Crippen LogP contribution >= 0.6 is 0 Å². The summed E-state index contributed by atoms with van der Waals surface area (Å²) in [6, 6.07) is 5.50. The molecule has 2 aromatic heterocycles. The summed E-state index contributed by atoms with van der Waals surface area (Å²) in [5.74, 6) is 0.0298. The molecule has 1 aliphatic rings. The van der Waals surface area contributed by atoms with Crippen molar-refractivity contribution in [1.82, 2.24) is 15.5 Å². The van der Waals surface area contributed by atoms with Crippen molar-refractivity contribution in [1.29, 1.82) is 0 Å². The van der Waals surface area contributed by atoms with E-state index < -0.39 is 0 Å². The SMILES string of the molecule is O=C(N[C@H]1COC[C@H]1Cc1ccncc1)c1ccon1. The molecule has 0 bridgehead atoms. The molecule has 20 heavy (non-hydrogen) atoms. The molecule has 1 amide bonds. The molecule has 0 aromatic carbocycles. The van der Waals surface area contributed by atoms with E-state index in [1.165, 1.54) is 11.8 Å². The van der Waals surface area contributed by atoms with E-state index in [2.05, 4.69) is 20.0 Å². The number of carbonyl (C=O) groups is 1. The van der Waals surface area contributed by atoms with Crippen LogP contribution in [0.15, 0.2) is 41.4 Å². The molecule has 3 heterocycles. The largest absolute Gasteiger partial charge is 0.379 e. The fourth-order valence-electron chi connectivity index (χ4n) is 2.35. The molecule has 1 N–H and O–H groups in total. The normalized spacial score (nSPS) is 21.8. The quantitative estimate of drug-likeness (QED) is 0.901. The minimum atomic E-state index is -0.228. The average Bonchev–Trinajstić information content (AvgIpc) is 3.12. The Morgan fingerprint density at radius 2 is 2.15 bits per heavy atom. The summed E-state index contributed by atoms with van der Waals surface area (Å²) in [6.45, 7) is 1.17. The van der Waals surface area contributed by atoms with Gasteiger partial charge < -0.3 is 14.6 Å². The van der Waals surface area contributed by atoms with Gasteiger partial charge in [-0.1, -0.05) is 5.16 Å². The van der Waals surface area contributed by atoms with Gasteiger partial charge in [-0.2, -0.15) is 0 Å². The maximum atomic E-state index is 12.0. The van der Waals surface area contributed by atoms with Crippen LogP contribution in [0.25, 0.3) is 0 Å². The highest BCUT2D eigenvalue weighted by Gasteiger charge is 2.30. The van der Waals surface area contributed by atoms with Gasteiger partial charge in [0.15, 0.2) is 5.69 Å². The Morgan fingerprint density at radius 3 is 2.90 bits per heavy atom. The van der Waals surface area contributed by atoms with E-state index >= 15 is 0 Å². The Labute approximate surface area is 116 Å². The summed E-state index contributed by atoms with van der Waals surface area (Å²) in [5, 5.41) is 6.58. The molecule has 0 saturated carbocycles. The minimum absolute atomic E-state index is 0.00707. The predicted octanol–water partition coefficient (Wildman–Crippen LogP) is 1.06. The highest BCUT2D eigenvalue weighted by atomic mass is 16.5. The van der Waals surface area contributed by atoms with Crippen LogP contribution in [0, 0.1) is 5.92 Å². The van der Waals surface area contributed by atoms with E-state index in [1.54, 1.807) is 18.5 Å². The van der Waals surface area contributed by atoms with Crippen molar-refractivity contribution in [2.75, 3.05) is 13.2 Å². The summed E-state index contributed by atoms with van der Waals surface area (Å²) < 4.78 is 10.2. The summed E-state index contributed by atoms with van der Waals surface area (Å²) in [4.78, 5) is 16.0. The number of nitrogens with one attached hydrogen (secondary N) is 1. The Balaban J connectivity index is 1.62. The van der Waals surface area contributed by atoms with Gasteiger partial charge in [0.2, 0.25) is 0 Å². The lowest BCUT2D eigenvalue weighted by Crippen LogP contribution is -2.40. The zero-order valence-corrected chi connectivity index (χ0v) is 10.9. The first-order chi connectivity index (χ1) is 9.83. The van der Waals surface area contributed by atoms with Crippen LogP contribution in [0.3, 0.4) is 0 Å². The molecule has 0 radical (unpaired) electrons. The van der Waals surface area contributed by atoms with E-state index in [9.17, 15) is 4.79 Å². The van der Waals surface area contributed by atoms with Gasteiger partial charge in [-0.05, 0) is 24.1 Å². The Morgan fingerprint density at radius 1 is 1.30 bits per heavy atom. The van der Waals surface area contributed by atoms with Crippen LogP contribution in [0.4, 0.5) is 0 Å². The Kier molecular flexibility index (Phi) is 3.73. The number of nitrogens with zero attached hydrogens (tertiary/aromatic N) is 2. The first kappa shape index (κ1) is 12.8. The van der Waals surface area contributed by atoms with Crippen molar-refractivity contribution in [3.8, 4) is 0 Å². The van der Waals surface area contributed by atoms with Gasteiger partial charge >= 0.3 is 0 Å². The highest BCUT2D eigenvalue weighted by molar-refractivity contribution is 5.92. The van der Waals surface area contributed by atoms with Crippen LogP contribution in [-0.4, -0.2) is 35.3 Å². The monoisotopic (exact) mass is 273 g/mol. The lowest BCUT2D eigenvalue weighted by molar-refractivity contribution is 0.0916. The molecule has 2 atom stereocenters. The van der Waals surface area contributed by atoms with Crippen LogP contribution in [0.5, 0.6) is 0 Å². The van der Waals surface area contributed by atoms with Crippen LogP contribution in [0.2, 0.25) is 0 Å². The van der Waals surface area contributed by atoms with Crippen molar-refractivity contribution in [2.24, 2.45) is 5.92 Å². The molecule has 104 valence electrons. The Hall–Kier alpha value is -2.21. The molecular formula is C14H15N3O3. The van der Waals surface area contributed by atoms with E-state index in [0.717, 1.165) is 6.42 Å². The summed E-state index contributed by atoms with van der Waals surface area (Å²) >= 11 is 0. The van der Waals surface area contributed by atoms with Crippen molar-refractivity contribution < 1.29 is 14.1 Å². The summed E-state index contributed by atoms with van der Waals surface area (Å²) in [6.07, 6.45) is 5.78. The van der Waals surface area contributed by atoms with Crippen LogP contribution in [-0.2, 0) is 11.2 Å². The lowest BCUT2D eigenvalue weighted by Gasteiger charge is -2.18. The van der Waals surface area contributed by atoms with Gasteiger partial charge in [0.25, 0.3) is 5.91 Å². The van der Waals surface area contributed by atoms with E-state index in [0.29, 0.717) is 18.9 Å². The second-order valence-electron chi connectivity index (χ2n) is 4.82. The molecule has 0 aliphatic carbocycles. The number of amides is 1. The van der Waals surface area contributed by atoms with E-state index in [4.69, 9.17) is 4.74 Å². The number of aromatic nitrogens is 2. The number of pyridine rings is 1. The first-order valence-corrected chi connectivity index (χ1v) is 6.51. The van der Waals surface area contributed by atoms with Crippen LogP contribution < -0.4 is 5.32 Å². The molecule has 0 unspecified atom stereocenters. The number of rotatable bonds is 4. The van der Waals surface area contributed by atoms with Crippen molar-refractivity contribution >= 4 is 5.91 Å². The van der Waals surface area contributed by atoms with Crippen molar-refractivity contribution in [3.05, 3.63) is 48.1 Å². The van der Waals surface area contributed by atoms with Gasteiger partial charge in [-0.15, -0.1) is 0 Å². The highest BCUT2D eigenvalue weighted by Crippen LogP contribution is 2.19. The molecule has 1 saturated heterocycles. The topological polar surface area (TPSA) is 77.2 Å². The predicted molar refractivity (Wildman–Crippen MR) is 70.0 cm³/mol. The summed E-state index contributed by atoms with van der Waals surface area (Å²) in [5.41, 5.74) is 1.48. The standard InChI is InChI=1S/C14H15N3O3/c18-14(12-3-6-20-17-12)16-13-9-19-8-11(13)7-10-1-4-15-5-2-10/h1-6,11,13H,7-9H2,(H,16,18)/t11-,13+/m1/s1. The minimum Gasteiger partial charge on any atom is -0.379 e. The summed E-state index contributed by atoms with van der Waals surface area (Å²) in [7, 11) is 0. The maximum Gasteiger partial charge on any atom is 0.273 e. The van der Waals surface area contributed by atoms with Crippen molar-refractivity contribution in [3.63, 3.8) is 0 Å². The molecular weight excluding hydrogens is 258 g/mol. The zero-order chi connectivity index (χ0) is 13.8. The van der Waals surface area contributed by atoms with E-state index in [1.807, 2.05) is 12.1 Å². The molecule has 1 fully saturated rings. The molecule has 0 spiro atoms. The third-order valence-electron chi connectivity index (χ3n) is 3.43. The Bertz CT molecular complexity index is 556. The second kappa shape index (κ2) is 5.83. The number of ether oxygens (including phenoxy) is 1. The molecule has 6 heteroatoms. The molecule has 2 aromatic rings. The zero-order valence-electron chi connectivity index (χ0n) is 10.9. The lowest BCUT2D eigenvalue weighted by atomic mass is 9.95. The van der Waals surface area contributed by atoms with E-state index in [-0.39, 0.29) is 17.9 Å². The second-order valence-corrected chi connectivity index (χ2v) is 4.82. The van der Waals surface area contributed by atoms with Crippen LogP contribution in [0.1, 0.15) is 16.1 Å². The number of carbonyl (C=O) groups excluding carboxylic acids is 1. The van der Waals surface area contributed by atoms with Gasteiger partial charge in [-0.25, -0.2) is 0 Å². The first-order valence-electron chi connectivity index (χ1n) is 6.51.